The molecule has 1 N–H and O–H groups in total. The minimum atomic E-state index is -1.23. The van der Waals surface area contributed by atoms with Crippen molar-refractivity contribution in [3.8, 4) is 0 Å². The molecule has 1 aromatic rings. The molecular formula is C21H33N3O2. The summed E-state index contributed by atoms with van der Waals surface area (Å²) in [5.74, 6) is -0.0961. The molecule has 1 atom stereocenters. The molecule has 2 aliphatic heterocycles. The SMILES string of the molecule is CCCN1CCN(CC2(O)CCCN(Cc3cccc(C)c3)C2=O)CC1. The van der Waals surface area contributed by atoms with E-state index in [0.29, 0.717) is 19.5 Å². The Morgan fingerprint density at radius 1 is 1.12 bits per heavy atom. The van der Waals surface area contributed by atoms with Crippen LogP contribution in [0.25, 0.3) is 0 Å². The number of piperazine rings is 1. The summed E-state index contributed by atoms with van der Waals surface area (Å²) in [7, 11) is 0. The Bertz CT molecular complexity index is 613. The summed E-state index contributed by atoms with van der Waals surface area (Å²) in [6.45, 7) is 11.1. The van der Waals surface area contributed by atoms with Gasteiger partial charge >= 0.3 is 0 Å². The minimum absolute atomic E-state index is 0.0961. The van der Waals surface area contributed by atoms with E-state index in [1.807, 2.05) is 11.0 Å². The van der Waals surface area contributed by atoms with Gasteiger partial charge in [-0.15, -0.1) is 0 Å². The second-order valence-electron chi connectivity index (χ2n) is 7.97. The molecule has 1 unspecified atom stereocenters. The van der Waals surface area contributed by atoms with Crippen LogP contribution in [0.3, 0.4) is 0 Å². The third-order valence-corrected chi connectivity index (χ3v) is 5.65. The van der Waals surface area contributed by atoms with Gasteiger partial charge in [-0.3, -0.25) is 9.69 Å². The van der Waals surface area contributed by atoms with Crippen LogP contribution in [0.4, 0.5) is 0 Å². The van der Waals surface area contributed by atoms with Gasteiger partial charge in [0, 0.05) is 45.8 Å². The van der Waals surface area contributed by atoms with E-state index < -0.39 is 5.60 Å². The Morgan fingerprint density at radius 3 is 2.54 bits per heavy atom. The molecule has 0 radical (unpaired) electrons. The standard InChI is InChI=1S/C21H33N3O2/c1-3-9-22-11-13-23(14-12-22)17-21(26)8-5-10-24(20(21)25)16-19-7-4-6-18(2)15-19/h4,6-7,15,26H,3,5,8-14,16-17H2,1-2H3. The lowest BCUT2D eigenvalue weighted by atomic mass is 9.90. The van der Waals surface area contributed by atoms with Gasteiger partial charge < -0.3 is 14.9 Å². The Morgan fingerprint density at radius 2 is 1.85 bits per heavy atom. The van der Waals surface area contributed by atoms with E-state index in [0.717, 1.165) is 51.3 Å². The molecule has 3 rings (SSSR count). The van der Waals surface area contributed by atoms with Crippen LogP contribution in [0.2, 0.25) is 0 Å². The molecule has 0 saturated carbocycles. The van der Waals surface area contributed by atoms with Gasteiger partial charge in [-0.05, 0) is 38.3 Å². The second kappa shape index (κ2) is 8.51. The first-order valence-corrected chi connectivity index (χ1v) is 10.0. The van der Waals surface area contributed by atoms with E-state index >= 15 is 0 Å². The van der Waals surface area contributed by atoms with Crippen LogP contribution in [0.1, 0.15) is 37.3 Å². The van der Waals surface area contributed by atoms with Crippen molar-refractivity contribution >= 4 is 5.91 Å². The summed E-state index contributed by atoms with van der Waals surface area (Å²) in [6, 6.07) is 8.27. The van der Waals surface area contributed by atoms with Crippen LogP contribution in [0.15, 0.2) is 24.3 Å². The zero-order valence-corrected chi connectivity index (χ0v) is 16.3. The smallest absolute Gasteiger partial charge is 0.256 e. The van der Waals surface area contributed by atoms with Crippen molar-refractivity contribution in [1.29, 1.82) is 0 Å². The summed E-state index contributed by atoms with van der Waals surface area (Å²) in [4.78, 5) is 19.6. The zero-order valence-electron chi connectivity index (χ0n) is 16.3. The number of likely N-dealkylation sites (tertiary alicyclic amines) is 1. The highest BCUT2D eigenvalue weighted by atomic mass is 16.3. The highest BCUT2D eigenvalue weighted by molar-refractivity contribution is 5.86. The summed E-state index contributed by atoms with van der Waals surface area (Å²) >= 11 is 0. The van der Waals surface area contributed by atoms with Gasteiger partial charge in [0.05, 0.1) is 0 Å². The lowest BCUT2D eigenvalue weighted by molar-refractivity contribution is -0.160. The van der Waals surface area contributed by atoms with E-state index in [4.69, 9.17) is 0 Å². The topological polar surface area (TPSA) is 47.0 Å². The van der Waals surface area contributed by atoms with E-state index in [2.05, 4.69) is 41.8 Å². The van der Waals surface area contributed by atoms with Gasteiger partial charge in [-0.25, -0.2) is 0 Å². The van der Waals surface area contributed by atoms with Crippen LogP contribution in [0, 0.1) is 6.92 Å². The summed E-state index contributed by atoms with van der Waals surface area (Å²) in [6.07, 6.45) is 2.62. The van der Waals surface area contributed by atoms with Crippen LogP contribution >= 0.6 is 0 Å². The Kier molecular flexibility index (Phi) is 6.33. The molecule has 2 saturated heterocycles. The summed E-state index contributed by atoms with van der Waals surface area (Å²) in [5, 5.41) is 11.1. The molecule has 144 valence electrons. The van der Waals surface area contributed by atoms with Crippen LogP contribution in [0.5, 0.6) is 0 Å². The van der Waals surface area contributed by atoms with E-state index in [9.17, 15) is 9.90 Å². The highest BCUT2D eigenvalue weighted by Crippen LogP contribution is 2.26. The molecule has 2 fully saturated rings. The third-order valence-electron chi connectivity index (χ3n) is 5.65. The van der Waals surface area contributed by atoms with Gasteiger partial charge in [0.2, 0.25) is 0 Å². The predicted octanol–water partition coefficient (Wildman–Crippen LogP) is 1.88. The lowest BCUT2D eigenvalue weighted by Crippen LogP contribution is -2.60. The number of carbonyl (C=O) groups is 1. The maximum atomic E-state index is 13.0. The molecule has 0 spiro atoms. The quantitative estimate of drug-likeness (QED) is 0.842. The zero-order chi connectivity index (χ0) is 18.6. The predicted molar refractivity (Wildman–Crippen MR) is 104 cm³/mol. The van der Waals surface area contributed by atoms with E-state index in [1.54, 1.807) is 0 Å². The van der Waals surface area contributed by atoms with Crippen molar-refractivity contribution in [2.24, 2.45) is 0 Å². The van der Waals surface area contributed by atoms with E-state index in [1.165, 1.54) is 12.0 Å². The molecular weight excluding hydrogens is 326 g/mol. The fraction of sp³-hybridized carbons (Fsp3) is 0.667. The fourth-order valence-corrected chi connectivity index (χ4v) is 4.25. The van der Waals surface area contributed by atoms with Crippen LogP contribution in [-0.2, 0) is 11.3 Å². The molecule has 2 aliphatic rings. The first-order valence-electron chi connectivity index (χ1n) is 10.0. The van der Waals surface area contributed by atoms with Crippen LogP contribution < -0.4 is 0 Å². The average molecular weight is 360 g/mol. The fourth-order valence-electron chi connectivity index (χ4n) is 4.25. The third kappa shape index (κ3) is 4.64. The molecule has 26 heavy (non-hydrogen) atoms. The number of aryl methyl sites for hydroxylation is 1. The number of benzene rings is 1. The number of hydrogen-bond acceptors (Lipinski definition) is 4. The Balaban J connectivity index is 1.59. The van der Waals surface area contributed by atoms with Crippen molar-refractivity contribution in [2.45, 2.75) is 45.3 Å². The molecule has 0 bridgehead atoms. The molecule has 0 aromatic heterocycles. The summed E-state index contributed by atoms with van der Waals surface area (Å²) < 4.78 is 0. The second-order valence-corrected chi connectivity index (χ2v) is 7.97. The number of amides is 1. The minimum Gasteiger partial charge on any atom is -0.379 e. The Labute approximate surface area is 157 Å². The van der Waals surface area contributed by atoms with Crippen molar-refractivity contribution in [3.63, 3.8) is 0 Å². The number of carbonyl (C=O) groups excluding carboxylic acids is 1. The Hall–Kier alpha value is -1.43. The molecule has 0 aliphatic carbocycles. The molecule has 1 aromatic carbocycles. The first kappa shape index (κ1) is 19.3. The van der Waals surface area contributed by atoms with Gasteiger partial charge in [-0.2, -0.15) is 0 Å². The maximum absolute atomic E-state index is 13.0. The monoisotopic (exact) mass is 359 g/mol. The van der Waals surface area contributed by atoms with Gasteiger partial charge in [0.1, 0.15) is 0 Å². The highest BCUT2D eigenvalue weighted by Gasteiger charge is 2.43. The van der Waals surface area contributed by atoms with E-state index in [-0.39, 0.29) is 5.91 Å². The molecule has 5 nitrogen and oxygen atoms in total. The molecule has 1 amide bonds. The first-order chi connectivity index (χ1) is 12.5. The van der Waals surface area contributed by atoms with Crippen molar-refractivity contribution < 1.29 is 9.90 Å². The summed E-state index contributed by atoms with van der Waals surface area (Å²) in [5.41, 5.74) is 1.11. The number of hydrogen-bond donors (Lipinski definition) is 1. The number of nitrogens with zero attached hydrogens (tertiary/aromatic N) is 3. The largest absolute Gasteiger partial charge is 0.379 e. The van der Waals surface area contributed by atoms with Crippen molar-refractivity contribution in [3.05, 3.63) is 35.4 Å². The number of piperidine rings is 1. The van der Waals surface area contributed by atoms with Gasteiger partial charge in [0.25, 0.3) is 5.91 Å². The maximum Gasteiger partial charge on any atom is 0.256 e. The normalized spacial score (nSPS) is 25.7. The molecule has 5 heteroatoms. The van der Waals surface area contributed by atoms with Crippen molar-refractivity contribution in [1.82, 2.24) is 14.7 Å². The number of β-amino-alcohol motifs (C(OH)–C–C–N with tert-alkyl or cyclic N) is 1. The number of aliphatic hydroxyl groups is 1. The molecule has 2 heterocycles. The number of rotatable bonds is 6. The van der Waals surface area contributed by atoms with Gasteiger partial charge in [-0.1, -0.05) is 36.8 Å². The van der Waals surface area contributed by atoms with Crippen molar-refractivity contribution in [2.75, 3.05) is 45.8 Å². The lowest BCUT2D eigenvalue weighted by Gasteiger charge is -2.43. The van der Waals surface area contributed by atoms with Gasteiger partial charge in [0.15, 0.2) is 5.60 Å². The van der Waals surface area contributed by atoms with Crippen LogP contribution in [-0.4, -0.2) is 77.1 Å². The average Bonchev–Trinajstić information content (AvgIpc) is 2.61.